The molecule has 2 aromatic carbocycles. The molecule has 0 atom stereocenters. The molecule has 0 amide bonds. The monoisotopic (exact) mass is 452 g/mol. The Balaban J connectivity index is 1.45. The Bertz CT molecular complexity index is 1480. The number of hydrogen-bond acceptors (Lipinski definition) is 5. The molecule has 0 unspecified atom stereocenters. The van der Waals surface area contributed by atoms with Gasteiger partial charge in [0.25, 0.3) is 0 Å². The van der Waals surface area contributed by atoms with Crippen LogP contribution in [0.4, 0.5) is 0 Å². The van der Waals surface area contributed by atoms with E-state index in [4.69, 9.17) is 19.2 Å². The van der Waals surface area contributed by atoms with E-state index in [0.29, 0.717) is 11.8 Å². The predicted molar refractivity (Wildman–Crippen MR) is 133 cm³/mol. The maximum Gasteiger partial charge on any atom is 0.226 e. The number of benzene rings is 2. The molecular formula is C28H28N4O2. The molecule has 0 saturated carbocycles. The Morgan fingerprint density at radius 2 is 1.74 bits per heavy atom. The summed E-state index contributed by atoms with van der Waals surface area (Å²) in [6, 6.07) is 18.5. The molecule has 3 aromatic heterocycles. The number of oxazole rings is 1. The van der Waals surface area contributed by atoms with Gasteiger partial charge in [0.1, 0.15) is 18.1 Å². The average Bonchev–Trinajstić information content (AvgIpc) is 3.37. The Morgan fingerprint density at radius 3 is 2.47 bits per heavy atom. The molecule has 0 aliphatic rings. The molecule has 5 rings (SSSR count). The van der Waals surface area contributed by atoms with Crippen LogP contribution in [0.15, 0.2) is 59.0 Å². The maximum absolute atomic E-state index is 6.10. The lowest BCUT2D eigenvalue weighted by Gasteiger charge is -2.08. The summed E-state index contributed by atoms with van der Waals surface area (Å²) in [7, 11) is 0. The highest BCUT2D eigenvalue weighted by molar-refractivity contribution is 5.84. The van der Waals surface area contributed by atoms with Crippen LogP contribution in [0.5, 0.6) is 5.88 Å². The van der Waals surface area contributed by atoms with E-state index in [1.54, 1.807) is 0 Å². The zero-order chi connectivity index (χ0) is 23.8. The van der Waals surface area contributed by atoms with Crippen LogP contribution in [0.3, 0.4) is 0 Å². The van der Waals surface area contributed by atoms with E-state index >= 15 is 0 Å². The number of rotatable bonds is 6. The molecule has 3 heterocycles. The zero-order valence-electron chi connectivity index (χ0n) is 20.2. The van der Waals surface area contributed by atoms with Crippen molar-refractivity contribution in [2.75, 3.05) is 0 Å². The van der Waals surface area contributed by atoms with Crippen LogP contribution in [0.25, 0.3) is 28.2 Å². The molecule has 172 valence electrons. The van der Waals surface area contributed by atoms with Crippen LogP contribution in [-0.2, 0) is 13.0 Å². The van der Waals surface area contributed by atoms with Crippen LogP contribution >= 0.6 is 0 Å². The van der Waals surface area contributed by atoms with Crippen molar-refractivity contribution in [1.82, 2.24) is 19.7 Å². The highest BCUT2D eigenvalue weighted by atomic mass is 16.5. The molecule has 0 aliphatic heterocycles. The quantitative estimate of drug-likeness (QED) is 0.296. The first-order chi connectivity index (χ1) is 16.4. The number of hydrogen-bond donors (Lipinski definition) is 0. The van der Waals surface area contributed by atoms with Gasteiger partial charge in [0, 0.05) is 17.0 Å². The van der Waals surface area contributed by atoms with Gasteiger partial charge in [0.15, 0.2) is 5.65 Å². The van der Waals surface area contributed by atoms with E-state index in [9.17, 15) is 0 Å². The summed E-state index contributed by atoms with van der Waals surface area (Å²) in [5.74, 6) is 1.88. The summed E-state index contributed by atoms with van der Waals surface area (Å²) in [6.45, 7) is 10.5. The first-order valence-corrected chi connectivity index (χ1v) is 11.6. The van der Waals surface area contributed by atoms with Crippen molar-refractivity contribution >= 4 is 11.0 Å². The summed E-state index contributed by atoms with van der Waals surface area (Å²) >= 11 is 0. The second-order valence-corrected chi connectivity index (χ2v) is 8.67. The third kappa shape index (κ3) is 4.07. The lowest BCUT2D eigenvalue weighted by molar-refractivity contribution is 0.288. The highest BCUT2D eigenvalue weighted by Crippen LogP contribution is 2.28. The van der Waals surface area contributed by atoms with E-state index in [1.165, 1.54) is 5.56 Å². The van der Waals surface area contributed by atoms with Crippen molar-refractivity contribution in [3.63, 3.8) is 0 Å². The lowest BCUT2D eigenvalue weighted by atomic mass is 10.1. The molecule has 0 spiro atoms. The number of pyridine rings is 1. The third-order valence-corrected chi connectivity index (χ3v) is 6.09. The van der Waals surface area contributed by atoms with E-state index in [-0.39, 0.29) is 6.61 Å². The normalized spacial score (nSPS) is 11.3. The second kappa shape index (κ2) is 8.78. The Labute approximate surface area is 199 Å². The Kier molecular flexibility index (Phi) is 5.65. The van der Waals surface area contributed by atoms with Gasteiger partial charge in [0.2, 0.25) is 11.8 Å². The molecule has 0 radical (unpaired) electrons. The van der Waals surface area contributed by atoms with Crippen LogP contribution < -0.4 is 4.74 Å². The van der Waals surface area contributed by atoms with E-state index in [2.05, 4.69) is 62.2 Å². The van der Waals surface area contributed by atoms with Gasteiger partial charge in [0.05, 0.1) is 11.4 Å². The van der Waals surface area contributed by atoms with Gasteiger partial charge in [-0.1, -0.05) is 36.8 Å². The van der Waals surface area contributed by atoms with Gasteiger partial charge in [-0.2, -0.15) is 10.1 Å². The van der Waals surface area contributed by atoms with Crippen molar-refractivity contribution in [1.29, 1.82) is 0 Å². The second-order valence-electron chi connectivity index (χ2n) is 8.67. The highest BCUT2D eigenvalue weighted by Gasteiger charge is 2.17. The van der Waals surface area contributed by atoms with E-state index in [1.807, 2.05) is 36.7 Å². The number of nitrogens with zero attached hydrogens (tertiary/aromatic N) is 4. The molecule has 0 fully saturated rings. The minimum atomic E-state index is 0.275. The third-order valence-electron chi connectivity index (χ3n) is 6.09. The summed E-state index contributed by atoms with van der Waals surface area (Å²) in [5, 5.41) is 5.81. The minimum Gasteiger partial charge on any atom is -0.471 e. The van der Waals surface area contributed by atoms with Crippen LogP contribution in [0, 0.1) is 27.7 Å². The number of ether oxygens (including phenoxy) is 1. The standard InChI is InChI=1S/C28H28N4O2/c1-6-21-10-12-23(13-11-21)32-27-26(19(4)31-32)18(3)15-25(30-27)33-16-24-20(5)34-28(29-24)22-9-7-8-17(2)14-22/h7-15H,6,16H2,1-5H3. The first kappa shape index (κ1) is 21.9. The fourth-order valence-electron chi connectivity index (χ4n) is 4.21. The van der Waals surface area contributed by atoms with Crippen molar-refractivity contribution in [2.24, 2.45) is 0 Å². The topological polar surface area (TPSA) is 66.0 Å². The van der Waals surface area contributed by atoms with Gasteiger partial charge in [-0.15, -0.1) is 0 Å². The lowest BCUT2D eigenvalue weighted by Crippen LogP contribution is -2.02. The first-order valence-electron chi connectivity index (χ1n) is 11.6. The van der Waals surface area contributed by atoms with Crippen LogP contribution in [-0.4, -0.2) is 19.7 Å². The average molecular weight is 453 g/mol. The van der Waals surface area contributed by atoms with Gasteiger partial charge < -0.3 is 9.15 Å². The van der Waals surface area contributed by atoms with Crippen LogP contribution in [0.1, 0.15) is 40.8 Å². The fraction of sp³-hybridized carbons (Fsp3) is 0.250. The number of aryl methyl sites for hydroxylation is 5. The Morgan fingerprint density at radius 1 is 0.941 bits per heavy atom. The number of fused-ring (bicyclic) bond motifs is 1. The molecule has 5 aromatic rings. The number of aromatic nitrogens is 4. The summed E-state index contributed by atoms with van der Waals surface area (Å²) in [5.41, 5.74) is 7.96. The largest absolute Gasteiger partial charge is 0.471 e. The molecule has 0 N–H and O–H groups in total. The maximum atomic E-state index is 6.10. The van der Waals surface area contributed by atoms with Crippen molar-refractivity contribution in [3.8, 4) is 23.0 Å². The molecular weight excluding hydrogens is 424 g/mol. The summed E-state index contributed by atoms with van der Waals surface area (Å²) < 4.78 is 13.9. The fourth-order valence-corrected chi connectivity index (χ4v) is 4.21. The molecule has 6 nitrogen and oxygen atoms in total. The van der Waals surface area contributed by atoms with Crippen LogP contribution in [0.2, 0.25) is 0 Å². The van der Waals surface area contributed by atoms with Gasteiger partial charge in [-0.3, -0.25) is 0 Å². The minimum absolute atomic E-state index is 0.275. The summed E-state index contributed by atoms with van der Waals surface area (Å²) in [6.07, 6.45) is 1.00. The molecule has 0 saturated heterocycles. The van der Waals surface area contributed by atoms with E-state index in [0.717, 1.165) is 57.0 Å². The molecule has 0 bridgehead atoms. The Hall–Kier alpha value is -3.93. The smallest absolute Gasteiger partial charge is 0.226 e. The molecule has 6 heteroatoms. The van der Waals surface area contributed by atoms with Gasteiger partial charge in [-0.25, -0.2) is 9.67 Å². The molecule has 34 heavy (non-hydrogen) atoms. The SMILES string of the molecule is CCc1ccc(-n2nc(C)c3c(C)cc(OCc4nc(-c5cccc(C)c5)oc4C)nc32)cc1. The van der Waals surface area contributed by atoms with Gasteiger partial charge >= 0.3 is 0 Å². The van der Waals surface area contributed by atoms with Crippen molar-refractivity contribution in [2.45, 2.75) is 47.6 Å². The zero-order valence-corrected chi connectivity index (χ0v) is 20.2. The summed E-state index contributed by atoms with van der Waals surface area (Å²) in [4.78, 5) is 9.49. The molecule has 0 aliphatic carbocycles. The van der Waals surface area contributed by atoms with E-state index < -0.39 is 0 Å². The van der Waals surface area contributed by atoms with Crippen molar-refractivity contribution in [3.05, 3.63) is 88.4 Å². The van der Waals surface area contributed by atoms with Crippen molar-refractivity contribution < 1.29 is 9.15 Å². The van der Waals surface area contributed by atoms with Gasteiger partial charge in [-0.05, 0) is 69.5 Å². The predicted octanol–water partition coefficient (Wildman–Crippen LogP) is 6.45.